The molecule has 1 N–H and O–H groups in total. The third kappa shape index (κ3) is 5.86. The quantitative estimate of drug-likeness (QED) is 0.513. The average molecular weight is 518 g/mol. The maximum Gasteiger partial charge on any atom is 0.290 e. The molecule has 37 heavy (non-hydrogen) atoms. The van der Waals surface area contributed by atoms with E-state index in [4.69, 9.17) is 0 Å². The van der Waals surface area contributed by atoms with E-state index < -0.39 is 17.0 Å². The SMILES string of the molecule is O=C1NC(=O)/C(=C\c2ccc(F)c(-c3cncc(N4CCCN(C(=O)Cc5ccccc5)CC4)n3)c2)S1. The van der Waals surface area contributed by atoms with Crippen LogP contribution in [0.1, 0.15) is 17.5 Å². The molecule has 2 fully saturated rings. The summed E-state index contributed by atoms with van der Waals surface area (Å²) in [6, 6.07) is 14.1. The highest BCUT2D eigenvalue weighted by atomic mass is 32.2. The van der Waals surface area contributed by atoms with Crippen molar-refractivity contribution in [3.63, 3.8) is 0 Å². The number of hydrogen-bond donors (Lipinski definition) is 1. The molecule has 3 heterocycles. The summed E-state index contributed by atoms with van der Waals surface area (Å²) >= 11 is 0.805. The number of benzene rings is 2. The molecule has 2 saturated heterocycles. The second-order valence-corrected chi connectivity index (χ2v) is 9.75. The number of anilines is 1. The molecule has 0 bridgehead atoms. The van der Waals surface area contributed by atoms with Crippen LogP contribution in [0.25, 0.3) is 17.3 Å². The number of rotatable bonds is 5. The molecule has 0 unspecified atom stereocenters. The van der Waals surface area contributed by atoms with Crippen molar-refractivity contribution >= 4 is 40.7 Å². The lowest BCUT2D eigenvalue weighted by atomic mass is 10.1. The predicted molar refractivity (Wildman–Crippen MR) is 140 cm³/mol. The van der Waals surface area contributed by atoms with E-state index in [0.29, 0.717) is 49.7 Å². The minimum absolute atomic E-state index is 0.0942. The molecule has 0 atom stereocenters. The first-order valence-corrected chi connectivity index (χ1v) is 12.7. The van der Waals surface area contributed by atoms with E-state index >= 15 is 0 Å². The third-order valence-corrected chi connectivity index (χ3v) is 7.01. The van der Waals surface area contributed by atoms with E-state index in [2.05, 4.69) is 20.2 Å². The van der Waals surface area contributed by atoms with Gasteiger partial charge in [0.2, 0.25) is 5.91 Å². The molecule has 2 aromatic carbocycles. The predicted octanol–water partition coefficient (Wildman–Crippen LogP) is 3.89. The van der Waals surface area contributed by atoms with Gasteiger partial charge < -0.3 is 9.80 Å². The Kier molecular flexibility index (Phi) is 7.27. The maximum atomic E-state index is 14.8. The summed E-state index contributed by atoms with van der Waals surface area (Å²) in [5.41, 5.74) is 2.16. The minimum Gasteiger partial charge on any atom is -0.353 e. The van der Waals surface area contributed by atoms with Gasteiger partial charge in [0.05, 0.1) is 29.4 Å². The largest absolute Gasteiger partial charge is 0.353 e. The molecule has 2 aliphatic rings. The van der Waals surface area contributed by atoms with E-state index in [0.717, 1.165) is 23.7 Å². The normalized spacial score (nSPS) is 17.2. The van der Waals surface area contributed by atoms with Gasteiger partial charge in [0.25, 0.3) is 11.1 Å². The van der Waals surface area contributed by atoms with Crippen molar-refractivity contribution in [3.8, 4) is 11.3 Å². The van der Waals surface area contributed by atoms with E-state index in [9.17, 15) is 18.8 Å². The van der Waals surface area contributed by atoms with Crippen LogP contribution in [-0.4, -0.2) is 58.1 Å². The van der Waals surface area contributed by atoms with Crippen LogP contribution >= 0.6 is 11.8 Å². The second kappa shape index (κ2) is 10.9. The van der Waals surface area contributed by atoms with Crippen molar-refractivity contribution in [2.24, 2.45) is 0 Å². The average Bonchev–Trinajstić information content (AvgIpc) is 3.08. The molecule has 3 aromatic rings. The van der Waals surface area contributed by atoms with Gasteiger partial charge in [-0.1, -0.05) is 36.4 Å². The molecular weight excluding hydrogens is 493 g/mol. The summed E-state index contributed by atoms with van der Waals surface area (Å²) in [5.74, 6) is -0.243. The van der Waals surface area contributed by atoms with E-state index in [1.807, 2.05) is 35.2 Å². The fraction of sp³-hybridized carbons (Fsp3) is 0.222. The summed E-state index contributed by atoms with van der Waals surface area (Å²) in [7, 11) is 0. The van der Waals surface area contributed by atoms with Crippen molar-refractivity contribution < 1.29 is 18.8 Å². The first-order valence-electron chi connectivity index (χ1n) is 11.9. The number of hydrogen-bond acceptors (Lipinski definition) is 7. The number of imide groups is 1. The lowest BCUT2D eigenvalue weighted by Crippen LogP contribution is -2.36. The zero-order valence-electron chi connectivity index (χ0n) is 19.9. The van der Waals surface area contributed by atoms with Gasteiger partial charge in [0.15, 0.2) is 0 Å². The Hall–Kier alpha value is -4.05. The van der Waals surface area contributed by atoms with Gasteiger partial charge in [0, 0.05) is 31.7 Å². The van der Waals surface area contributed by atoms with E-state index in [1.54, 1.807) is 18.3 Å². The van der Waals surface area contributed by atoms with Crippen molar-refractivity contribution in [2.75, 3.05) is 31.1 Å². The summed E-state index contributed by atoms with van der Waals surface area (Å²) < 4.78 is 14.8. The first kappa shape index (κ1) is 24.6. The molecule has 5 rings (SSSR count). The van der Waals surface area contributed by atoms with Crippen molar-refractivity contribution in [3.05, 3.63) is 82.8 Å². The minimum atomic E-state index is -0.472. The van der Waals surface area contributed by atoms with Crippen molar-refractivity contribution in [1.29, 1.82) is 0 Å². The molecule has 8 nitrogen and oxygen atoms in total. The molecule has 0 spiro atoms. The molecule has 188 valence electrons. The highest BCUT2D eigenvalue weighted by Crippen LogP contribution is 2.29. The fourth-order valence-electron chi connectivity index (χ4n) is 4.32. The summed E-state index contributed by atoms with van der Waals surface area (Å²) in [6.07, 6.45) is 5.83. The summed E-state index contributed by atoms with van der Waals surface area (Å²) in [6.45, 7) is 2.51. The van der Waals surface area contributed by atoms with Crippen LogP contribution in [0.15, 0.2) is 65.8 Å². The van der Waals surface area contributed by atoms with Gasteiger partial charge in [-0.3, -0.25) is 24.7 Å². The van der Waals surface area contributed by atoms with Crippen LogP contribution < -0.4 is 10.2 Å². The van der Waals surface area contributed by atoms with Crippen LogP contribution in [-0.2, 0) is 16.0 Å². The number of halogens is 1. The Labute approximate surface area is 217 Å². The zero-order chi connectivity index (χ0) is 25.8. The highest BCUT2D eigenvalue weighted by molar-refractivity contribution is 8.18. The summed E-state index contributed by atoms with van der Waals surface area (Å²) in [4.78, 5) is 49.3. The van der Waals surface area contributed by atoms with Gasteiger partial charge in [-0.05, 0) is 47.5 Å². The van der Waals surface area contributed by atoms with Crippen LogP contribution in [0, 0.1) is 5.82 Å². The number of nitrogens with zero attached hydrogens (tertiary/aromatic N) is 4. The fourth-order valence-corrected chi connectivity index (χ4v) is 5.00. The van der Waals surface area contributed by atoms with Crippen LogP contribution in [0.2, 0.25) is 0 Å². The van der Waals surface area contributed by atoms with Crippen LogP contribution in [0.4, 0.5) is 15.0 Å². The zero-order valence-corrected chi connectivity index (χ0v) is 20.7. The van der Waals surface area contributed by atoms with Crippen LogP contribution in [0.3, 0.4) is 0 Å². The lowest BCUT2D eigenvalue weighted by Gasteiger charge is -2.23. The molecule has 3 amide bonds. The molecule has 10 heteroatoms. The third-order valence-electron chi connectivity index (χ3n) is 6.20. The van der Waals surface area contributed by atoms with Gasteiger partial charge in [-0.15, -0.1) is 0 Å². The Bertz CT molecular complexity index is 1380. The molecule has 0 saturated carbocycles. The topological polar surface area (TPSA) is 95.5 Å². The number of thioether (sulfide) groups is 1. The Balaban J connectivity index is 1.31. The standard InChI is InChI=1S/C27H24FN5O3S/c28-21-8-7-19(14-23-26(35)31-27(36)37-23)13-20(21)22-16-29-17-24(30-22)32-9-4-10-33(12-11-32)25(34)15-18-5-2-1-3-6-18/h1-3,5-8,13-14,16-17H,4,9-12,15H2,(H,31,35,36)/b23-14+. The van der Waals surface area contributed by atoms with Gasteiger partial charge in [-0.2, -0.15) is 0 Å². The second-order valence-electron chi connectivity index (χ2n) is 8.74. The van der Waals surface area contributed by atoms with E-state index in [1.165, 1.54) is 18.3 Å². The van der Waals surface area contributed by atoms with Crippen LogP contribution in [0.5, 0.6) is 0 Å². The first-order chi connectivity index (χ1) is 18.0. The molecule has 2 aliphatic heterocycles. The van der Waals surface area contributed by atoms with Gasteiger partial charge >= 0.3 is 0 Å². The number of aromatic nitrogens is 2. The van der Waals surface area contributed by atoms with E-state index in [-0.39, 0.29) is 16.4 Å². The number of amides is 3. The lowest BCUT2D eigenvalue weighted by molar-refractivity contribution is -0.130. The molecule has 0 aliphatic carbocycles. The summed E-state index contributed by atoms with van der Waals surface area (Å²) in [5, 5.41) is 1.77. The Morgan fingerprint density at radius 1 is 1.05 bits per heavy atom. The number of carbonyl (C=O) groups is 3. The maximum absolute atomic E-state index is 14.8. The van der Waals surface area contributed by atoms with Gasteiger partial charge in [0.1, 0.15) is 11.6 Å². The molecule has 0 radical (unpaired) electrons. The number of carbonyl (C=O) groups excluding carboxylic acids is 3. The van der Waals surface area contributed by atoms with Crippen molar-refractivity contribution in [2.45, 2.75) is 12.8 Å². The molecule has 1 aromatic heterocycles. The Morgan fingerprint density at radius 2 is 1.89 bits per heavy atom. The molecular formula is C27H24FN5O3S. The van der Waals surface area contributed by atoms with Crippen molar-refractivity contribution in [1.82, 2.24) is 20.2 Å². The smallest absolute Gasteiger partial charge is 0.290 e. The monoisotopic (exact) mass is 517 g/mol. The van der Waals surface area contributed by atoms with Gasteiger partial charge in [-0.25, -0.2) is 9.37 Å². The highest BCUT2D eigenvalue weighted by Gasteiger charge is 2.25. The Morgan fingerprint density at radius 3 is 2.68 bits per heavy atom. The number of nitrogens with one attached hydrogen (secondary N) is 1.